The monoisotopic (exact) mass is 352 g/mol. The summed E-state index contributed by atoms with van der Waals surface area (Å²) in [5, 5.41) is 17.1. The highest BCUT2D eigenvalue weighted by atomic mass is 16.3. The molecule has 1 aromatic carbocycles. The van der Waals surface area contributed by atoms with E-state index in [1.807, 2.05) is 35.2 Å². The summed E-state index contributed by atoms with van der Waals surface area (Å²) in [7, 11) is 0. The third-order valence-corrected chi connectivity index (χ3v) is 4.70. The predicted octanol–water partition coefficient (Wildman–Crippen LogP) is 1.64. The van der Waals surface area contributed by atoms with Crippen molar-refractivity contribution < 1.29 is 9.90 Å². The first kappa shape index (κ1) is 16.5. The Bertz CT molecular complexity index is 880. The highest BCUT2D eigenvalue weighted by Gasteiger charge is 2.26. The number of amides is 1. The normalized spacial score (nSPS) is 15.3. The van der Waals surface area contributed by atoms with Crippen molar-refractivity contribution in [2.75, 3.05) is 13.1 Å². The number of carbonyl (C=O) groups is 1. The molecule has 0 saturated carbocycles. The third kappa shape index (κ3) is 3.23. The van der Waals surface area contributed by atoms with E-state index in [2.05, 4.69) is 20.3 Å². The Kier molecular flexibility index (Phi) is 4.49. The van der Waals surface area contributed by atoms with Crippen LogP contribution in [0.15, 0.2) is 42.7 Å². The van der Waals surface area contributed by atoms with Crippen LogP contribution in [0.25, 0.3) is 11.4 Å². The molecule has 0 spiro atoms. The molecular weight excluding hydrogens is 332 g/mol. The molecule has 2 aromatic heterocycles. The van der Waals surface area contributed by atoms with Gasteiger partial charge in [-0.05, 0) is 12.8 Å². The highest BCUT2D eigenvalue weighted by Crippen LogP contribution is 2.23. The average molecular weight is 352 g/mol. The minimum atomic E-state index is -0.110. The third-order valence-electron chi connectivity index (χ3n) is 4.70. The van der Waals surface area contributed by atoms with Crippen molar-refractivity contribution in [3.05, 3.63) is 54.1 Å². The maximum atomic E-state index is 12.7. The van der Waals surface area contributed by atoms with Crippen LogP contribution in [0.5, 0.6) is 0 Å². The summed E-state index contributed by atoms with van der Waals surface area (Å²) in [5.41, 5.74) is 2.02. The van der Waals surface area contributed by atoms with Gasteiger partial charge >= 0.3 is 0 Å². The Hall–Kier alpha value is -3.00. The first-order valence-electron chi connectivity index (χ1n) is 8.66. The number of aromatic amines is 1. The predicted molar refractivity (Wildman–Crippen MR) is 94.1 cm³/mol. The second-order valence-electron chi connectivity index (χ2n) is 6.38. The SMILES string of the molecule is O=C(c1cnc(-c2ccccc2)[nH]1)N1CCC(n2cc(CO)nn2)CC1. The number of likely N-dealkylation sites (tertiary alicyclic amines) is 1. The molecule has 0 unspecified atom stereocenters. The second kappa shape index (κ2) is 7.09. The molecule has 2 N–H and O–H groups in total. The van der Waals surface area contributed by atoms with E-state index in [1.54, 1.807) is 17.1 Å². The van der Waals surface area contributed by atoms with Crippen molar-refractivity contribution >= 4 is 5.91 Å². The van der Waals surface area contributed by atoms with Gasteiger partial charge < -0.3 is 15.0 Å². The standard InChI is InChI=1S/C18H20N6O2/c25-12-14-11-24(22-21-14)15-6-8-23(9-7-15)18(26)16-10-19-17(20-16)13-4-2-1-3-5-13/h1-5,10-11,15,25H,6-9,12H2,(H,19,20). The van der Waals surface area contributed by atoms with Crippen LogP contribution in [-0.2, 0) is 6.61 Å². The molecular formula is C18H20N6O2. The summed E-state index contributed by atoms with van der Waals surface area (Å²) >= 11 is 0. The van der Waals surface area contributed by atoms with Gasteiger partial charge in [0.2, 0.25) is 0 Å². The van der Waals surface area contributed by atoms with Gasteiger partial charge in [-0.1, -0.05) is 35.5 Å². The molecule has 1 fully saturated rings. The number of benzene rings is 1. The molecule has 134 valence electrons. The molecule has 3 aromatic rings. The van der Waals surface area contributed by atoms with E-state index in [-0.39, 0.29) is 18.6 Å². The van der Waals surface area contributed by atoms with Crippen LogP contribution in [0, 0.1) is 0 Å². The van der Waals surface area contributed by atoms with E-state index in [0.29, 0.717) is 30.3 Å². The molecule has 1 aliphatic heterocycles. The Labute approximate surface area is 150 Å². The van der Waals surface area contributed by atoms with Gasteiger partial charge in [0.25, 0.3) is 5.91 Å². The van der Waals surface area contributed by atoms with E-state index in [4.69, 9.17) is 5.11 Å². The number of hydrogen-bond donors (Lipinski definition) is 2. The van der Waals surface area contributed by atoms with Gasteiger partial charge in [-0.25, -0.2) is 9.67 Å². The highest BCUT2D eigenvalue weighted by molar-refractivity contribution is 5.92. The number of aliphatic hydroxyl groups excluding tert-OH is 1. The Balaban J connectivity index is 1.40. The lowest BCUT2D eigenvalue weighted by Crippen LogP contribution is -2.39. The van der Waals surface area contributed by atoms with Gasteiger partial charge in [0, 0.05) is 18.7 Å². The van der Waals surface area contributed by atoms with Crippen LogP contribution in [0.1, 0.15) is 35.1 Å². The van der Waals surface area contributed by atoms with Crippen molar-refractivity contribution in [1.82, 2.24) is 29.9 Å². The number of nitrogens with zero attached hydrogens (tertiary/aromatic N) is 5. The maximum Gasteiger partial charge on any atom is 0.271 e. The summed E-state index contributed by atoms with van der Waals surface area (Å²) < 4.78 is 1.79. The van der Waals surface area contributed by atoms with Crippen LogP contribution < -0.4 is 0 Å². The molecule has 0 aliphatic carbocycles. The van der Waals surface area contributed by atoms with Crippen molar-refractivity contribution in [1.29, 1.82) is 0 Å². The van der Waals surface area contributed by atoms with Gasteiger partial charge in [0.05, 0.1) is 25.0 Å². The fraction of sp³-hybridized carbons (Fsp3) is 0.333. The molecule has 26 heavy (non-hydrogen) atoms. The first-order valence-corrected chi connectivity index (χ1v) is 8.66. The molecule has 8 heteroatoms. The number of hydrogen-bond acceptors (Lipinski definition) is 5. The lowest BCUT2D eigenvalue weighted by molar-refractivity contribution is 0.0684. The van der Waals surface area contributed by atoms with Crippen LogP contribution in [0.4, 0.5) is 0 Å². The van der Waals surface area contributed by atoms with Gasteiger partial charge in [-0.2, -0.15) is 0 Å². The summed E-state index contributed by atoms with van der Waals surface area (Å²) in [6.45, 7) is 1.19. The number of carbonyl (C=O) groups excluding carboxylic acids is 1. The van der Waals surface area contributed by atoms with E-state index < -0.39 is 0 Å². The average Bonchev–Trinajstić information content (AvgIpc) is 3.38. The zero-order valence-electron chi connectivity index (χ0n) is 14.2. The van der Waals surface area contributed by atoms with Crippen molar-refractivity contribution in [3.8, 4) is 11.4 Å². The van der Waals surface area contributed by atoms with E-state index in [9.17, 15) is 4.79 Å². The van der Waals surface area contributed by atoms with Crippen LogP contribution in [0.3, 0.4) is 0 Å². The lowest BCUT2D eigenvalue weighted by atomic mass is 10.1. The van der Waals surface area contributed by atoms with Crippen LogP contribution in [0.2, 0.25) is 0 Å². The molecule has 3 heterocycles. The number of aliphatic hydroxyl groups is 1. The Morgan fingerprint density at radius 2 is 2.00 bits per heavy atom. The molecule has 0 bridgehead atoms. The molecule has 0 atom stereocenters. The topological polar surface area (TPSA) is 99.9 Å². The van der Waals surface area contributed by atoms with Crippen molar-refractivity contribution in [3.63, 3.8) is 0 Å². The molecule has 1 aliphatic rings. The van der Waals surface area contributed by atoms with Crippen molar-refractivity contribution in [2.24, 2.45) is 0 Å². The van der Waals surface area contributed by atoms with Gasteiger partial charge in [-0.3, -0.25) is 4.79 Å². The summed E-state index contributed by atoms with van der Waals surface area (Å²) in [6.07, 6.45) is 4.98. The quantitative estimate of drug-likeness (QED) is 0.743. The van der Waals surface area contributed by atoms with Crippen LogP contribution in [-0.4, -0.2) is 54.0 Å². The fourth-order valence-corrected chi connectivity index (χ4v) is 3.24. The van der Waals surface area contributed by atoms with Crippen LogP contribution >= 0.6 is 0 Å². The van der Waals surface area contributed by atoms with Gasteiger partial charge in [0.15, 0.2) is 0 Å². The van der Waals surface area contributed by atoms with Gasteiger partial charge in [-0.15, -0.1) is 5.10 Å². The number of nitrogens with one attached hydrogen (secondary N) is 1. The second-order valence-corrected chi connectivity index (χ2v) is 6.38. The summed E-state index contributed by atoms with van der Waals surface area (Å²) in [6, 6.07) is 9.94. The Morgan fingerprint density at radius 1 is 1.23 bits per heavy atom. The minimum Gasteiger partial charge on any atom is -0.390 e. The molecule has 8 nitrogen and oxygen atoms in total. The lowest BCUT2D eigenvalue weighted by Gasteiger charge is -2.31. The largest absolute Gasteiger partial charge is 0.390 e. The molecule has 4 rings (SSSR count). The fourth-order valence-electron chi connectivity index (χ4n) is 3.24. The zero-order chi connectivity index (χ0) is 17.9. The van der Waals surface area contributed by atoms with E-state index in [0.717, 1.165) is 18.4 Å². The number of aromatic nitrogens is 5. The summed E-state index contributed by atoms with van der Waals surface area (Å²) in [5.74, 6) is 0.663. The number of rotatable bonds is 4. The molecule has 1 amide bonds. The van der Waals surface area contributed by atoms with E-state index in [1.165, 1.54) is 0 Å². The smallest absolute Gasteiger partial charge is 0.271 e. The number of piperidine rings is 1. The molecule has 0 radical (unpaired) electrons. The Morgan fingerprint density at radius 3 is 2.69 bits per heavy atom. The maximum absolute atomic E-state index is 12.7. The number of H-pyrrole nitrogens is 1. The zero-order valence-corrected chi connectivity index (χ0v) is 14.2. The first-order chi connectivity index (χ1) is 12.7. The van der Waals surface area contributed by atoms with E-state index >= 15 is 0 Å². The van der Waals surface area contributed by atoms with Crippen molar-refractivity contribution in [2.45, 2.75) is 25.5 Å². The summed E-state index contributed by atoms with van der Waals surface area (Å²) in [4.78, 5) is 22.0. The number of imidazole rings is 1. The van der Waals surface area contributed by atoms with Gasteiger partial charge in [0.1, 0.15) is 17.2 Å². The molecule has 1 saturated heterocycles. The minimum absolute atomic E-state index is 0.0345.